The molecule has 3 aromatic rings. The lowest BCUT2D eigenvalue weighted by atomic mass is 9.88. The lowest BCUT2D eigenvalue weighted by Crippen LogP contribution is -2.15. The highest BCUT2D eigenvalue weighted by atomic mass is 35.5. The van der Waals surface area contributed by atoms with Gasteiger partial charge in [0.05, 0.1) is 5.92 Å². The number of aryl methyl sites for hydroxylation is 2. The van der Waals surface area contributed by atoms with E-state index in [1.54, 1.807) is 0 Å². The maximum absolute atomic E-state index is 12.6. The molecule has 0 saturated carbocycles. The predicted octanol–water partition coefficient (Wildman–Crippen LogP) is 5.23. The van der Waals surface area contributed by atoms with E-state index in [-0.39, 0.29) is 11.8 Å². The first-order valence-electron chi connectivity index (χ1n) is 8.37. The molecule has 1 atom stereocenters. The first-order chi connectivity index (χ1) is 12.0. The second kappa shape index (κ2) is 6.08. The van der Waals surface area contributed by atoms with E-state index in [2.05, 4.69) is 29.4 Å². The van der Waals surface area contributed by atoms with Crippen molar-refractivity contribution in [3.8, 4) is 11.1 Å². The Hall–Kier alpha value is -2.52. The van der Waals surface area contributed by atoms with Gasteiger partial charge in [0.2, 0.25) is 5.91 Å². The van der Waals surface area contributed by atoms with Crippen molar-refractivity contribution in [1.82, 2.24) is 4.98 Å². The summed E-state index contributed by atoms with van der Waals surface area (Å²) in [7, 11) is 0. The number of hydrogen-bond donors (Lipinski definition) is 2. The van der Waals surface area contributed by atoms with E-state index in [0.29, 0.717) is 11.4 Å². The Morgan fingerprint density at radius 3 is 2.52 bits per heavy atom. The number of hydrogen-bond acceptors (Lipinski definition) is 1. The maximum atomic E-state index is 12.6. The van der Waals surface area contributed by atoms with E-state index in [1.165, 1.54) is 5.56 Å². The highest BCUT2D eigenvalue weighted by molar-refractivity contribution is 6.30. The van der Waals surface area contributed by atoms with Gasteiger partial charge in [0, 0.05) is 28.5 Å². The third-order valence-electron chi connectivity index (χ3n) is 4.85. The Balaban J connectivity index is 1.79. The number of benzene rings is 2. The zero-order valence-electron chi connectivity index (χ0n) is 14.2. The summed E-state index contributed by atoms with van der Waals surface area (Å²) in [5.74, 6) is -0.137. The summed E-state index contributed by atoms with van der Waals surface area (Å²) in [4.78, 5) is 16.0. The molecule has 2 heterocycles. The molecule has 0 spiro atoms. The van der Waals surface area contributed by atoms with Gasteiger partial charge in [0.15, 0.2) is 0 Å². The molecule has 0 radical (unpaired) electrons. The van der Waals surface area contributed by atoms with E-state index < -0.39 is 0 Å². The van der Waals surface area contributed by atoms with Gasteiger partial charge in [-0.3, -0.25) is 4.79 Å². The number of carbonyl (C=O) groups excluding carboxylic acids is 1. The normalized spacial score (nSPS) is 16.0. The molecule has 1 amide bonds. The fourth-order valence-corrected chi connectivity index (χ4v) is 3.80. The smallest absolute Gasteiger partial charge is 0.232 e. The zero-order chi connectivity index (χ0) is 17.6. The van der Waals surface area contributed by atoms with Crippen LogP contribution >= 0.6 is 11.6 Å². The largest absolute Gasteiger partial charge is 0.362 e. The molecule has 1 unspecified atom stereocenters. The van der Waals surface area contributed by atoms with Crippen LogP contribution in [0.5, 0.6) is 0 Å². The van der Waals surface area contributed by atoms with Gasteiger partial charge < -0.3 is 10.3 Å². The summed E-state index contributed by atoms with van der Waals surface area (Å²) in [6, 6.07) is 15.9. The second-order valence-electron chi connectivity index (χ2n) is 6.63. The maximum Gasteiger partial charge on any atom is 0.232 e. The van der Waals surface area contributed by atoms with Crippen molar-refractivity contribution in [2.75, 3.05) is 5.32 Å². The van der Waals surface area contributed by atoms with E-state index in [9.17, 15) is 4.79 Å². The summed E-state index contributed by atoms with van der Waals surface area (Å²) in [5.41, 5.74) is 7.57. The van der Waals surface area contributed by atoms with Gasteiger partial charge in [0.25, 0.3) is 0 Å². The fourth-order valence-electron chi connectivity index (χ4n) is 3.68. The van der Waals surface area contributed by atoms with E-state index >= 15 is 0 Å². The number of aromatic nitrogens is 1. The minimum absolute atomic E-state index is 0.0584. The van der Waals surface area contributed by atoms with Gasteiger partial charge in [0.1, 0.15) is 0 Å². The summed E-state index contributed by atoms with van der Waals surface area (Å²) in [5, 5.41) is 3.74. The number of aromatic amines is 1. The van der Waals surface area contributed by atoms with Crippen LogP contribution in [-0.2, 0) is 11.2 Å². The number of H-pyrrole nitrogens is 1. The molecule has 4 rings (SSSR count). The van der Waals surface area contributed by atoms with Crippen LogP contribution in [0.25, 0.3) is 11.1 Å². The first kappa shape index (κ1) is 16.0. The van der Waals surface area contributed by atoms with E-state index in [4.69, 9.17) is 11.6 Å². The predicted molar refractivity (Wildman–Crippen MR) is 102 cm³/mol. The SMILES string of the molecule is Cc1cc(C)c(CC2C(=O)Nc3cccc(-c4ccc(Cl)cc4)c32)[nH]1. The van der Waals surface area contributed by atoms with Crippen molar-refractivity contribution in [1.29, 1.82) is 0 Å². The Labute approximate surface area is 152 Å². The second-order valence-corrected chi connectivity index (χ2v) is 7.07. The monoisotopic (exact) mass is 350 g/mol. The summed E-state index contributed by atoms with van der Waals surface area (Å²) >= 11 is 6.02. The van der Waals surface area contributed by atoms with Crippen LogP contribution in [0.15, 0.2) is 48.5 Å². The molecular weight excluding hydrogens is 332 g/mol. The van der Waals surface area contributed by atoms with Crippen molar-refractivity contribution in [2.45, 2.75) is 26.2 Å². The lowest BCUT2D eigenvalue weighted by molar-refractivity contribution is -0.117. The number of anilines is 1. The molecule has 0 saturated heterocycles. The summed E-state index contributed by atoms with van der Waals surface area (Å²) < 4.78 is 0. The average Bonchev–Trinajstić information content (AvgIpc) is 3.07. The molecule has 3 nitrogen and oxygen atoms in total. The highest BCUT2D eigenvalue weighted by Crippen LogP contribution is 2.41. The van der Waals surface area contributed by atoms with E-state index in [1.807, 2.05) is 43.3 Å². The molecule has 2 aromatic carbocycles. The molecular formula is C21H19ClN2O. The quantitative estimate of drug-likeness (QED) is 0.667. The molecule has 0 aliphatic carbocycles. The molecule has 1 aliphatic rings. The Morgan fingerprint density at radius 1 is 1.08 bits per heavy atom. The van der Waals surface area contributed by atoms with Crippen molar-refractivity contribution in [3.05, 3.63) is 76.1 Å². The molecule has 0 bridgehead atoms. The molecule has 1 aromatic heterocycles. The van der Waals surface area contributed by atoms with Crippen molar-refractivity contribution < 1.29 is 4.79 Å². The van der Waals surface area contributed by atoms with Crippen LogP contribution in [0.4, 0.5) is 5.69 Å². The Morgan fingerprint density at radius 2 is 1.84 bits per heavy atom. The fraction of sp³-hybridized carbons (Fsp3) is 0.190. The standard InChI is InChI=1S/C21H19ClN2O/c1-12-10-13(2)23-19(12)11-17-20-16(14-6-8-15(22)9-7-14)4-3-5-18(20)24-21(17)25/h3-10,17,23H,11H2,1-2H3,(H,24,25). The molecule has 4 heteroatoms. The first-order valence-corrected chi connectivity index (χ1v) is 8.75. The molecule has 25 heavy (non-hydrogen) atoms. The van der Waals surface area contributed by atoms with Crippen LogP contribution in [0.3, 0.4) is 0 Å². The van der Waals surface area contributed by atoms with Gasteiger partial charge in [-0.15, -0.1) is 0 Å². The molecule has 0 fully saturated rings. The van der Waals surface area contributed by atoms with Crippen molar-refractivity contribution >= 4 is 23.2 Å². The summed E-state index contributed by atoms with van der Waals surface area (Å²) in [6.07, 6.45) is 0.670. The number of nitrogens with one attached hydrogen (secondary N) is 2. The van der Waals surface area contributed by atoms with Gasteiger partial charge in [-0.2, -0.15) is 0 Å². The Bertz CT molecular complexity index is 957. The average molecular weight is 351 g/mol. The van der Waals surface area contributed by atoms with Gasteiger partial charge >= 0.3 is 0 Å². The summed E-state index contributed by atoms with van der Waals surface area (Å²) in [6.45, 7) is 4.12. The van der Waals surface area contributed by atoms with Crippen molar-refractivity contribution in [3.63, 3.8) is 0 Å². The minimum atomic E-state index is -0.196. The number of rotatable bonds is 3. The van der Waals surface area contributed by atoms with Crippen LogP contribution in [-0.4, -0.2) is 10.9 Å². The number of amides is 1. The van der Waals surface area contributed by atoms with Crippen LogP contribution in [0.1, 0.15) is 28.4 Å². The Kier molecular flexibility index (Phi) is 3.89. The lowest BCUT2D eigenvalue weighted by Gasteiger charge is -2.14. The van der Waals surface area contributed by atoms with Crippen LogP contribution < -0.4 is 5.32 Å². The molecule has 1 aliphatic heterocycles. The van der Waals surface area contributed by atoms with Crippen LogP contribution in [0, 0.1) is 13.8 Å². The van der Waals surface area contributed by atoms with Crippen LogP contribution in [0.2, 0.25) is 5.02 Å². The number of fused-ring (bicyclic) bond motifs is 1. The topological polar surface area (TPSA) is 44.9 Å². The van der Waals surface area contributed by atoms with Gasteiger partial charge in [-0.1, -0.05) is 35.9 Å². The third-order valence-corrected chi connectivity index (χ3v) is 5.10. The van der Waals surface area contributed by atoms with Gasteiger partial charge in [-0.05, 0) is 60.4 Å². The minimum Gasteiger partial charge on any atom is -0.362 e. The van der Waals surface area contributed by atoms with E-state index in [0.717, 1.165) is 33.8 Å². The number of halogens is 1. The van der Waals surface area contributed by atoms with Crippen molar-refractivity contribution in [2.24, 2.45) is 0 Å². The zero-order valence-corrected chi connectivity index (χ0v) is 14.9. The molecule has 2 N–H and O–H groups in total. The highest BCUT2D eigenvalue weighted by Gasteiger charge is 2.33. The third kappa shape index (κ3) is 2.85. The molecule has 126 valence electrons. The number of carbonyl (C=O) groups is 1. The van der Waals surface area contributed by atoms with Gasteiger partial charge in [-0.25, -0.2) is 0 Å².